The summed E-state index contributed by atoms with van der Waals surface area (Å²) in [5, 5.41) is 50.2. The summed E-state index contributed by atoms with van der Waals surface area (Å²) in [6, 6.07) is 4.83. The summed E-state index contributed by atoms with van der Waals surface area (Å²) in [7, 11) is 0. The van der Waals surface area contributed by atoms with Crippen LogP contribution < -0.4 is 31.4 Å². The summed E-state index contributed by atoms with van der Waals surface area (Å²) < 4.78 is 1.19. The number of hydrogen-bond acceptors (Lipinski definition) is 6. The summed E-state index contributed by atoms with van der Waals surface area (Å²) in [6.07, 6.45) is 4.46. The van der Waals surface area contributed by atoms with E-state index in [0.717, 1.165) is 5.56 Å². The van der Waals surface area contributed by atoms with Crippen LogP contribution in [0.15, 0.2) is 36.8 Å². The van der Waals surface area contributed by atoms with E-state index in [-0.39, 0.29) is 24.1 Å². The van der Waals surface area contributed by atoms with Crippen LogP contribution in [0.2, 0.25) is 0 Å². The molecule has 1 aliphatic heterocycles. The SMILES string of the molecule is Cc1ccc(=[N+]([O-])[O-])c2c(NCCNC(=O)Cn3cc[nH]c3=[N+]([O-])[O-])cc[nH]c1-2. The van der Waals surface area contributed by atoms with Crippen LogP contribution in [0.25, 0.3) is 11.3 Å². The number of pyridine rings is 1. The van der Waals surface area contributed by atoms with Gasteiger partial charge in [0, 0.05) is 25.4 Å². The second-order valence-corrected chi connectivity index (χ2v) is 6.25. The highest BCUT2D eigenvalue weighted by molar-refractivity contribution is 5.78. The lowest BCUT2D eigenvalue weighted by Crippen LogP contribution is -2.37. The Morgan fingerprint density at radius 3 is 2.59 bits per heavy atom. The van der Waals surface area contributed by atoms with Crippen LogP contribution >= 0.6 is 0 Å². The van der Waals surface area contributed by atoms with Crippen LogP contribution in [0, 0.1) is 27.8 Å². The van der Waals surface area contributed by atoms with Gasteiger partial charge in [-0.05, 0) is 18.6 Å². The molecule has 12 nitrogen and oxygen atoms in total. The predicted octanol–water partition coefficient (Wildman–Crippen LogP) is -0.679. The number of carbonyl (C=O) groups excluding carboxylic acids is 1. The van der Waals surface area contributed by atoms with Gasteiger partial charge in [-0.1, -0.05) is 6.07 Å². The number of benzene rings is 1. The number of nitrogens with one attached hydrogen (secondary N) is 4. The zero-order valence-electron chi connectivity index (χ0n) is 15.5. The highest BCUT2D eigenvalue weighted by Gasteiger charge is 2.16. The number of amides is 1. The number of aromatic nitrogens is 3. The maximum absolute atomic E-state index is 12.0. The minimum atomic E-state index is -0.610. The first-order chi connectivity index (χ1) is 13.9. The van der Waals surface area contributed by atoms with E-state index in [1.54, 1.807) is 18.3 Å². The third kappa shape index (κ3) is 4.26. The zero-order valence-corrected chi connectivity index (χ0v) is 15.5. The van der Waals surface area contributed by atoms with Crippen LogP contribution in [-0.4, -0.2) is 33.5 Å². The molecule has 0 bridgehead atoms. The van der Waals surface area contributed by atoms with Gasteiger partial charge in [0.1, 0.15) is 0 Å². The molecule has 0 spiro atoms. The molecule has 1 amide bonds. The number of hydrogen-bond donors (Lipinski definition) is 4. The van der Waals surface area contributed by atoms with Crippen molar-refractivity contribution in [1.29, 1.82) is 0 Å². The normalized spacial score (nSPS) is 10.7. The molecule has 2 aliphatic rings. The highest BCUT2D eigenvalue weighted by Crippen LogP contribution is 2.26. The molecule has 1 aliphatic carbocycles. The molecule has 2 heterocycles. The summed E-state index contributed by atoms with van der Waals surface area (Å²) in [5.41, 5.74) is 2.27. The molecule has 0 saturated carbocycles. The van der Waals surface area contributed by atoms with E-state index in [1.807, 2.05) is 6.92 Å². The fourth-order valence-electron chi connectivity index (χ4n) is 3.00. The molecular formula is C17H19N7O5-2. The van der Waals surface area contributed by atoms with Crippen molar-refractivity contribution in [2.24, 2.45) is 0 Å². The van der Waals surface area contributed by atoms with Crippen molar-refractivity contribution >= 4 is 11.6 Å². The first-order valence-electron chi connectivity index (χ1n) is 8.68. The van der Waals surface area contributed by atoms with Gasteiger partial charge in [0.25, 0.3) is 5.91 Å². The topological polar surface area (TPSA) is 176 Å². The lowest BCUT2D eigenvalue weighted by Gasteiger charge is -2.16. The van der Waals surface area contributed by atoms with Crippen LogP contribution in [0.4, 0.5) is 5.69 Å². The highest BCUT2D eigenvalue weighted by atomic mass is 16.8. The largest absolute Gasteiger partial charge is 0.744 e. The molecule has 1 aromatic heterocycles. The number of fused-ring (bicyclic) bond motifs is 1. The van der Waals surface area contributed by atoms with Gasteiger partial charge in [-0.3, -0.25) is 9.70 Å². The Kier molecular flexibility index (Phi) is 5.62. The number of carbonyl (C=O) groups is 1. The monoisotopic (exact) mass is 401 g/mol. The Bertz CT molecular complexity index is 1120. The molecule has 0 unspecified atom stereocenters. The van der Waals surface area contributed by atoms with Gasteiger partial charge in [0.15, 0.2) is 6.54 Å². The van der Waals surface area contributed by atoms with Gasteiger partial charge in [0.05, 0.1) is 29.3 Å². The van der Waals surface area contributed by atoms with Gasteiger partial charge < -0.3 is 36.4 Å². The third-order valence-electron chi connectivity index (χ3n) is 4.32. The molecule has 0 radical (unpaired) electrons. The zero-order chi connectivity index (χ0) is 21.0. The summed E-state index contributed by atoms with van der Waals surface area (Å²) in [6.45, 7) is 2.20. The molecule has 12 heteroatoms. The Balaban J connectivity index is 1.65. The number of nitrogens with zero attached hydrogens (tertiary/aromatic N) is 3. The van der Waals surface area contributed by atoms with E-state index in [1.165, 1.54) is 23.0 Å². The van der Waals surface area contributed by atoms with E-state index in [9.17, 15) is 25.6 Å². The summed E-state index contributed by atoms with van der Waals surface area (Å²) >= 11 is 0. The van der Waals surface area contributed by atoms with E-state index in [0.29, 0.717) is 23.5 Å². The predicted molar refractivity (Wildman–Crippen MR) is 106 cm³/mol. The molecule has 154 valence electrons. The molecule has 3 rings (SSSR count). The molecule has 1 aromatic rings. The summed E-state index contributed by atoms with van der Waals surface area (Å²) in [4.78, 5) is 16.4. The Morgan fingerprint density at radius 1 is 1.07 bits per heavy atom. The number of H-pyrrole nitrogens is 2. The average molecular weight is 401 g/mol. The summed E-state index contributed by atoms with van der Waals surface area (Å²) in [5.74, 6) is -0.396. The number of aryl methyl sites for hydroxylation is 1. The van der Waals surface area contributed by atoms with Gasteiger partial charge >= 0.3 is 5.62 Å². The van der Waals surface area contributed by atoms with E-state index in [4.69, 9.17) is 0 Å². The lowest BCUT2D eigenvalue weighted by atomic mass is 10.0. The first-order valence-corrected chi connectivity index (χ1v) is 8.68. The van der Waals surface area contributed by atoms with Gasteiger partial charge in [-0.2, -0.15) is 4.90 Å². The number of rotatable bonds is 6. The molecule has 0 aromatic carbocycles. The fourth-order valence-corrected chi connectivity index (χ4v) is 3.00. The Hall–Kier alpha value is -4.09. The molecule has 29 heavy (non-hydrogen) atoms. The quantitative estimate of drug-likeness (QED) is 0.314. The number of imidazole rings is 1. The lowest BCUT2D eigenvalue weighted by molar-refractivity contribution is -0.121. The molecule has 0 saturated heterocycles. The van der Waals surface area contributed by atoms with Crippen molar-refractivity contribution < 1.29 is 4.79 Å². The Morgan fingerprint density at radius 2 is 1.86 bits per heavy atom. The van der Waals surface area contributed by atoms with E-state index in [2.05, 4.69) is 20.6 Å². The van der Waals surface area contributed by atoms with Gasteiger partial charge in [-0.25, -0.2) is 9.55 Å². The van der Waals surface area contributed by atoms with Crippen LogP contribution in [-0.2, 0) is 11.3 Å². The second-order valence-electron chi connectivity index (χ2n) is 6.25. The minimum Gasteiger partial charge on any atom is -0.744 e. The fraction of sp³-hybridized carbons (Fsp3) is 0.235. The number of anilines is 1. The van der Waals surface area contributed by atoms with Crippen molar-refractivity contribution in [3.63, 3.8) is 0 Å². The van der Waals surface area contributed by atoms with Crippen molar-refractivity contribution in [2.45, 2.75) is 13.5 Å². The molecular weight excluding hydrogens is 382 g/mol. The van der Waals surface area contributed by atoms with Crippen molar-refractivity contribution in [1.82, 2.24) is 29.7 Å². The second kappa shape index (κ2) is 8.29. The van der Waals surface area contributed by atoms with E-state index >= 15 is 0 Å². The smallest absolute Gasteiger partial charge is 0.358 e. The standard InChI is InChI=1S/C17H19N7O5/c1-11-2-3-13(23(26)27)15-12(4-5-20-16(11)15)18-6-7-19-14(25)10-22-9-8-21-17(22)24(28)29/h2-5,8-9,18,20-21H,6-7,10H2,1H3,(H-2,19,25,26,27,28,29)/q-2. The van der Waals surface area contributed by atoms with Crippen LogP contribution in [0.5, 0.6) is 0 Å². The molecule has 0 fully saturated rings. The third-order valence-corrected chi connectivity index (χ3v) is 4.32. The Labute approximate surface area is 164 Å². The van der Waals surface area contributed by atoms with Crippen molar-refractivity contribution in [3.8, 4) is 11.3 Å². The first kappa shape index (κ1) is 19.7. The van der Waals surface area contributed by atoms with Crippen molar-refractivity contribution in [2.75, 3.05) is 18.4 Å². The minimum absolute atomic E-state index is 0.0230. The molecule has 4 N–H and O–H groups in total. The molecule has 0 atom stereocenters. The number of aromatic amines is 2. The average Bonchev–Trinajstić information content (AvgIpc) is 3.14. The maximum Gasteiger partial charge on any atom is 0.358 e. The van der Waals surface area contributed by atoms with Crippen molar-refractivity contribution in [3.05, 3.63) is 74.2 Å². The maximum atomic E-state index is 12.0. The van der Waals surface area contributed by atoms with Crippen LogP contribution in [0.3, 0.4) is 0 Å². The van der Waals surface area contributed by atoms with Crippen LogP contribution in [0.1, 0.15) is 5.56 Å². The van der Waals surface area contributed by atoms with Gasteiger partial charge in [0.2, 0.25) is 5.36 Å². The van der Waals surface area contributed by atoms with E-state index < -0.39 is 15.7 Å². The van der Waals surface area contributed by atoms with Gasteiger partial charge in [-0.15, -0.1) is 0 Å².